The standard InChI is InChI=1S/C12H18F2N2O2S/c1-4-5-12(2,3)16-19(17,18)11-7-10(15)8(13)6-9(11)14/h6-7,16H,4-5,15H2,1-3H3. The first kappa shape index (κ1) is 15.8. The summed E-state index contributed by atoms with van der Waals surface area (Å²) in [5, 5.41) is 0. The predicted octanol–water partition coefficient (Wildman–Crippen LogP) is 2.40. The minimum absolute atomic E-state index is 0.407. The summed E-state index contributed by atoms with van der Waals surface area (Å²) in [6, 6.07) is 1.26. The Morgan fingerprint density at radius 3 is 2.37 bits per heavy atom. The zero-order chi connectivity index (χ0) is 14.8. The van der Waals surface area contributed by atoms with Gasteiger partial charge in [0.25, 0.3) is 0 Å². The van der Waals surface area contributed by atoms with Gasteiger partial charge in [0.15, 0.2) is 0 Å². The van der Waals surface area contributed by atoms with Gasteiger partial charge in [-0.3, -0.25) is 0 Å². The van der Waals surface area contributed by atoms with Gasteiger partial charge in [-0.05, 0) is 26.3 Å². The van der Waals surface area contributed by atoms with Crippen molar-refractivity contribution in [2.75, 3.05) is 5.73 Å². The number of rotatable bonds is 5. The minimum atomic E-state index is -4.08. The van der Waals surface area contributed by atoms with Crippen LogP contribution in [0.5, 0.6) is 0 Å². The van der Waals surface area contributed by atoms with Crippen LogP contribution >= 0.6 is 0 Å². The third-order valence-corrected chi connectivity index (χ3v) is 4.34. The molecule has 0 atom stereocenters. The Labute approximate surface area is 112 Å². The molecular formula is C12H18F2N2O2S. The van der Waals surface area contributed by atoms with Crippen molar-refractivity contribution >= 4 is 15.7 Å². The van der Waals surface area contributed by atoms with Crippen molar-refractivity contribution in [1.82, 2.24) is 4.72 Å². The Bertz CT molecular complexity index is 571. The molecule has 3 N–H and O–H groups in total. The highest BCUT2D eigenvalue weighted by molar-refractivity contribution is 7.89. The lowest BCUT2D eigenvalue weighted by Crippen LogP contribution is -2.43. The van der Waals surface area contributed by atoms with Gasteiger partial charge in [0, 0.05) is 11.6 Å². The Kier molecular flexibility index (Phi) is 4.52. The van der Waals surface area contributed by atoms with Gasteiger partial charge in [-0.15, -0.1) is 0 Å². The molecule has 0 aliphatic rings. The van der Waals surface area contributed by atoms with Crippen LogP contribution in [0.4, 0.5) is 14.5 Å². The Hall–Kier alpha value is -1.21. The van der Waals surface area contributed by atoms with Gasteiger partial charge in [0.1, 0.15) is 16.5 Å². The number of nitrogens with two attached hydrogens (primary N) is 1. The van der Waals surface area contributed by atoms with Crippen LogP contribution in [0.2, 0.25) is 0 Å². The van der Waals surface area contributed by atoms with Gasteiger partial charge in [-0.2, -0.15) is 0 Å². The van der Waals surface area contributed by atoms with E-state index in [-0.39, 0.29) is 0 Å². The molecule has 0 heterocycles. The highest BCUT2D eigenvalue weighted by atomic mass is 32.2. The van der Waals surface area contributed by atoms with E-state index >= 15 is 0 Å². The summed E-state index contributed by atoms with van der Waals surface area (Å²) in [4.78, 5) is -0.643. The van der Waals surface area contributed by atoms with Crippen LogP contribution in [-0.4, -0.2) is 14.0 Å². The van der Waals surface area contributed by atoms with Crippen molar-refractivity contribution in [1.29, 1.82) is 0 Å². The van der Waals surface area contributed by atoms with Crippen molar-refractivity contribution in [3.8, 4) is 0 Å². The summed E-state index contributed by atoms with van der Waals surface area (Å²) in [5.74, 6) is -2.14. The lowest BCUT2D eigenvalue weighted by atomic mass is 10.0. The van der Waals surface area contributed by atoms with E-state index in [9.17, 15) is 17.2 Å². The molecule has 1 rings (SSSR count). The summed E-state index contributed by atoms with van der Waals surface area (Å²) in [7, 11) is -4.08. The summed E-state index contributed by atoms with van der Waals surface area (Å²) in [6.45, 7) is 5.30. The van der Waals surface area contributed by atoms with E-state index in [1.165, 1.54) is 0 Å². The number of benzene rings is 1. The first-order valence-electron chi connectivity index (χ1n) is 5.87. The van der Waals surface area contributed by atoms with Gasteiger partial charge in [-0.1, -0.05) is 13.3 Å². The molecule has 0 unspecified atom stereocenters. The molecule has 0 saturated carbocycles. The Morgan fingerprint density at radius 2 is 1.84 bits per heavy atom. The van der Waals surface area contributed by atoms with Crippen molar-refractivity contribution in [3.63, 3.8) is 0 Å². The molecule has 0 bridgehead atoms. The zero-order valence-corrected chi connectivity index (χ0v) is 11.9. The number of halogens is 2. The number of anilines is 1. The molecule has 0 saturated heterocycles. The van der Waals surface area contributed by atoms with E-state index in [1.807, 2.05) is 6.92 Å². The van der Waals surface area contributed by atoms with Crippen molar-refractivity contribution in [2.45, 2.75) is 44.0 Å². The smallest absolute Gasteiger partial charge is 0.244 e. The third kappa shape index (κ3) is 3.87. The molecule has 1 aromatic carbocycles. The van der Waals surface area contributed by atoms with Crippen LogP contribution in [0, 0.1) is 11.6 Å². The van der Waals surface area contributed by atoms with Gasteiger partial charge < -0.3 is 5.73 Å². The van der Waals surface area contributed by atoms with E-state index in [1.54, 1.807) is 13.8 Å². The highest BCUT2D eigenvalue weighted by Gasteiger charge is 2.28. The third-order valence-electron chi connectivity index (χ3n) is 2.63. The molecule has 0 aliphatic heterocycles. The summed E-state index contributed by atoms with van der Waals surface area (Å²) in [6.07, 6.45) is 1.36. The lowest BCUT2D eigenvalue weighted by molar-refractivity contribution is 0.416. The maximum absolute atomic E-state index is 13.6. The maximum atomic E-state index is 13.6. The molecular weight excluding hydrogens is 274 g/mol. The predicted molar refractivity (Wildman–Crippen MR) is 70.1 cm³/mol. The number of nitrogens with one attached hydrogen (secondary N) is 1. The average molecular weight is 292 g/mol. The topological polar surface area (TPSA) is 72.2 Å². The maximum Gasteiger partial charge on any atom is 0.244 e. The molecule has 108 valence electrons. The highest BCUT2D eigenvalue weighted by Crippen LogP contribution is 2.23. The molecule has 0 fully saturated rings. The van der Waals surface area contributed by atoms with Crippen LogP contribution in [0.15, 0.2) is 17.0 Å². The number of sulfonamides is 1. The van der Waals surface area contributed by atoms with Crippen LogP contribution in [0.25, 0.3) is 0 Å². The van der Waals surface area contributed by atoms with Crippen LogP contribution in [0.1, 0.15) is 33.6 Å². The van der Waals surface area contributed by atoms with E-state index in [4.69, 9.17) is 5.73 Å². The normalized spacial score (nSPS) is 12.7. The number of hydrogen-bond donors (Lipinski definition) is 2. The van der Waals surface area contributed by atoms with Crippen molar-refractivity contribution in [3.05, 3.63) is 23.8 Å². The SMILES string of the molecule is CCCC(C)(C)NS(=O)(=O)c1cc(N)c(F)cc1F. The molecule has 1 aromatic rings. The Balaban J connectivity index is 3.18. The largest absolute Gasteiger partial charge is 0.396 e. The summed E-state index contributed by atoms with van der Waals surface area (Å²) < 4.78 is 53.1. The molecule has 0 amide bonds. The fraction of sp³-hybridized carbons (Fsp3) is 0.500. The van der Waals surface area contributed by atoms with Crippen molar-refractivity contribution in [2.24, 2.45) is 0 Å². The lowest BCUT2D eigenvalue weighted by Gasteiger charge is -2.25. The number of hydrogen-bond acceptors (Lipinski definition) is 3. The fourth-order valence-corrected chi connectivity index (χ4v) is 3.38. The Morgan fingerprint density at radius 1 is 1.26 bits per heavy atom. The fourth-order valence-electron chi connectivity index (χ4n) is 1.85. The molecule has 7 heteroatoms. The zero-order valence-electron chi connectivity index (χ0n) is 11.1. The molecule has 0 aromatic heterocycles. The summed E-state index contributed by atoms with van der Waals surface area (Å²) >= 11 is 0. The van der Waals surface area contributed by atoms with E-state index in [2.05, 4.69) is 4.72 Å². The van der Waals surface area contributed by atoms with Gasteiger partial charge in [-0.25, -0.2) is 21.9 Å². The molecule has 0 radical (unpaired) electrons. The molecule has 4 nitrogen and oxygen atoms in total. The van der Waals surface area contributed by atoms with Gasteiger partial charge in [0.05, 0.1) is 5.69 Å². The second-order valence-corrected chi connectivity index (χ2v) is 6.69. The second-order valence-electron chi connectivity index (χ2n) is 5.04. The first-order chi connectivity index (χ1) is 8.59. The quantitative estimate of drug-likeness (QED) is 0.819. The van der Waals surface area contributed by atoms with E-state index in [0.717, 1.165) is 12.5 Å². The van der Waals surface area contributed by atoms with Crippen LogP contribution in [-0.2, 0) is 10.0 Å². The number of nitrogen functional groups attached to an aromatic ring is 1. The summed E-state index contributed by atoms with van der Waals surface area (Å²) in [5.41, 5.74) is 4.15. The average Bonchev–Trinajstić information content (AvgIpc) is 2.21. The second kappa shape index (κ2) is 5.42. The van der Waals surface area contributed by atoms with E-state index in [0.29, 0.717) is 12.5 Å². The van der Waals surface area contributed by atoms with Crippen LogP contribution in [0.3, 0.4) is 0 Å². The van der Waals surface area contributed by atoms with E-state index < -0.39 is 37.8 Å². The monoisotopic (exact) mass is 292 g/mol. The molecule has 0 aliphatic carbocycles. The molecule has 19 heavy (non-hydrogen) atoms. The van der Waals surface area contributed by atoms with Gasteiger partial charge >= 0.3 is 0 Å². The van der Waals surface area contributed by atoms with Crippen LogP contribution < -0.4 is 10.5 Å². The molecule has 0 spiro atoms. The van der Waals surface area contributed by atoms with Crippen molar-refractivity contribution < 1.29 is 17.2 Å². The van der Waals surface area contributed by atoms with Gasteiger partial charge in [0.2, 0.25) is 10.0 Å². The first-order valence-corrected chi connectivity index (χ1v) is 7.36. The minimum Gasteiger partial charge on any atom is -0.396 e.